The number of H-pyrrole nitrogens is 1. The number of methoxy groups -OCH3 is 1. The minimum absolute atomic E-state index is 0.0673. The molecule has 3 rings (SSSR count). The largest absolute Gasteiger partial charge is 0.497 e. The highest BCUT2D eigenvalue weighted by atomic mass is 35.5. The lowest BCUT2D eigenvalue weighted by atomic mass is 10.1. The van der Waals surface area contributed by atoms with Crippen LogP contribution in [0.4, 0.5) is 5.82 Å². The molecule has 0 aliphatic carbocycles. The summed E-state index contributed by atoms with van der Waals surface area (Å²) in [6, 6.07) is 12.4. The topological polar surface area (TPSA) is 102 Å². The lowest BCUT2D eigenvalue weighted by Crippen LogP contribution is -2.39. The minimum Gasteiger partial charge on any atom is -0.497 e. The van der Waals surface area contributed by atoms with E-state index in [4.69, 9.17) is 33.7 Å². The van der Waals surface area contributed by atoms with Gasteiger partial charge in [0, 0.05) is 19.5 Å². The van der Waals surface area contributed by atoms with Crippen LogP contribution in [0.1, 0.15) is 16.7 Å². The van der Waals surface area contributed by atoms with Crippen LogP contribution in [0.15, 0.2) is 52.1 Å². The summed E-state index contributed by atoms with van der Waals surface area (Å²) in [5, 5.41) is 3.80. The lowest BCUT2D eigenvalue weighted by Gasteiger charge is -2.14. The van der Waals surface area contributed by atoms with Crippen LogP contribution in [0, 0.1) is 0 Å². The molecule has 158 valence electrons. The van der Waals surface area contributed by atoms with Crippen molar-refractivity contribution in [2.75, 3.05) is 25.5 Å². The summed E-state index contributed by atoms with van der Waals surface area (Å²) in [5.41, 5.74) is 6.69. The summed E-state index contributed by atoms with van der Waals surface area (Å²) in [4.78, 5) is 28.6. The van der Waals surface area contributed by atoms with Crippen molar-refractivity contribution in [3.8, 4) is 5.75 Å². The molecule has 0 atom stereocenters. The molecule has 0 aliphatic rings. The van der Waals surface area contributed by atoms with Crippen LogP contribution in [0.3, 0.4) is 0 Å². The molecule has 0 saturated heterocycles. The van der Waals surface area contributed by atoms with Crippen molar-refractivity contribution < 1.29 is 4.74 Å². The molecule has 0 fully saturated rings. The van der Waals surface area contributed by atoms with Crippen LogP contribution in [-0.2, 0) is 13.0 Å². The van der Waals surface area contributed by atoms with E-state index in [0.29, 0.717) is 46.5 Å². The van der Waals surface area contributed by atoms with Gasteiger partial charge in [0.05, 0.1) is 29.3 Å². The standard InChI is InChI=1S/C21H22Cl2N4O3/c1-30-15-5-2-13(3-6-15)10-16-19(25-9-8-24)26-21(29)27(20(16)28)12-14-4-7-17(22)18(23)11-14/h2-7,11,25H,8-10,12,24H2,1H3,(H,26,29). The van der Waals surface area contributed by atoms with Crippen LogP contribution in [0.25, 0.3) is 0 Å². The first-order chi connectivity index (χ1) is 14.4. The molecule has 1 heterocycles. The summed E-state index contributed by atoms with van der Waals surface area (Å²) < 4.78 is 6.32. The van der Waals surface area contributed by atoms with E-state index in [-0.39, 0.29) is 12.1 Å². The molecule has 0 amide bonds. The van der Waals surface area contributed by atoms with Gasteiger partial charge in [-0.05, 0) is 35.4 Å². The molecule has 30 heavy (non-hydrogen) atoms. The average Bonchev–Trinajstić information content (AvgIpc) is 2.74. The Morgan fingerprint density at radius 1 is 1.07 bits per heavy atom. The molecular weight excluding hydrogens is 427 g/mol. The SMILES string of the molecule is COc1ccc(Cc2c(NCCN)[nH]c(=O)n(Cc3ccc(Cl)c(Cl)c3)c2=O)cc1. The fourth-order valence-corrected chi connectivity index (χ4v) is 3.36. The van der Waals surface area contributed by atoms with Crippen molar-refractivity contribution in [1.29, 1.82) is 0 Å². The maximum atomic E-state index is 13.2. The number of hydrogen-bond donors (Lipinski definition) is 3. The molecule has 0 bridgehead atoms. The maximum absolute atomic E-state index is 13.2. The first-order valence-electron chi connectivity index (χ1n) is 9.29. The molecule has 2 aromatic carbocycles. The van der Waals surface area contributed by atoms with Gasteiger partial charge in [0.25, 0.3) is 5.56 Å². The Morgan fingerprint density at radius 2 is 1.77 bits per heavy atom. The van der Waals surface area contributed by atoms with Crippen LogP contribution < -0.4 is 27.0 Å². The maximum Gasteiger partial charge on any atom is 0.330 e. The Labute approximate surface area is 183 Å². The third kappa shape index (κ3) is 5.05. The molecule has 7 nitrogen and oxygen atoms in total. The molecule has 0 spiro atoms. The highest BCUT2D eigenvalue weighted by Crippen LogP contribution is 2.23. The summed E-state index contributed by atoms with van der Waals surface area (Å²) in [6.07, 6.45) is 0.327. The van der Waals surface area contributed by atoms with Gasteiger partial charge in [0.15, 0.2) is 0 Å². The summed E-state index contributed by atoms with van der Waals surface area (Å²) in [5.74, 6) is 1.09. The van der Waals surface area contributed by atoms with E-state index in [2.05, 4.69) is 10.3 Å². The minimum atomic E-state index is -0.524. The number of aromatic amines is 1. The molecule has 3 aromatic rings. The number of hydrogen-bond acceptors (Lipinski definition) is 5. The van der Waals surface area contributed by atoms with Crippen molar-refractivity contribution in [3.05, 3.63) is 90.0 Å². The third-order valence-corrected chi connectivity index (χ3v) is 5.33. The first kappa shape index (κ1) is 22.0. The van der Waals surface area contributed by atoms with Crippen molar-refractivity contribution in [2.45, 2.75) is 13.0 Å². The zero-order chi connectivity index (χ0) is 21.7. The highest BCUT2D eigenvalue weighted by molar-refractivity contribution is 6.42. The zero-order valence-corrected chi connectivity index (χ0v) is 17.9. The van der Waals surface area contributed by atoms with Gasteiger partial charge in [-0.2, -0.15) is 0 Å². The number of anilines is 1. The monoisotopic (exact) mass is 448 g/mol. The normalized spacial score (nSPS) is 10.8. The van der Waals surface area contributed by atoms with Gasteiger partial charge in [-0.3, -0.25) is 14.3 Å². The first-order valence-corrected chi connectivity index (χ1v) is 10.0. The van der Waals surface area contributed by atoms with Gasteiger partial charge >= 0.3 is 5.69 Å². The Hall–Kier alpha value is -2.74. The number of nitrogens with zero attached hydrogens (tertiary/aromatic N) is 1. The van der Waals surface area contributed by atoms with E-state index in [0.717, 1.165) is 15.9 Å². The van der Waals surface area contributed by atoms with E-state index >= 15 is 0 Å². The predicted molar refractivity (Wildman–Crippen MR) is 120 cm³/mol. The van der Waals surface area contributed by atoms with Gasteiger partial charge in [-0.1, -0.05) is 41.4 Å². The number of rotatable bonds is 8. The quantitative estimate of drug-likeness (QED) is 0.491. The van der Waals surface area contributed by atoms with Gasteiger partial charge in [0.1, 0.15) is 11.6 Å². The van der Waals surface area contributed by atoms with E-state index in [1.54, 1.807) is 25.3 Å². The van der Waals surface area contributed by atoms with Gasteiger partial charge < -0.3 is 15.8 Å². The van der Waals surface area contributed by atoms with E-state index in [1.807, 2.05) is 24.3 Å². The number of nitrogens with one attached hydrogen (secondary N) is 2. The number of nitrogens with two attached hydrogens (primary N) is 1. The number of halogens is 2. The zero-order valence-electron chi connectivity index (χ0n) is 16.4. The summed E-state index contributed by atoms with van der Waals surface area (Å²) in [7, 11) is 1.59. The molecule has 4 N–H and O–H groups in total. The predicted octanol–water partition coefficient (Wildman–Crippen LogP) is 2.86. The molecule has 0 radical (unpaired) electrons. The van der Waals surface area contributed by atoms with Gasteiger partial charge in [0.2, 0.25) is 0 Å². The Morgan fingerprint density at radius 3 is 2.40 bits per heavy atom. The van der Waals surface area contributed by atoms with Gasteiger partial charge in [-0.15, -0.1) is 0 Å². The lowest BCUT2D eigenvalue weighted by molar-refractivity contribution is 0.414. The van der Waals surface area contributed by atoms with Crippen LogP contribution in [0.2, 0.25) is 10.0 Å². The summed E-state index contributed by atoms with van der Waals surface area (Å²) >= 11 is 12.0. The Balaban J connectivity index is 2.03. The summed E-state index contributed by atoms with van der Waals surface area (Å²) in [6.45, 7) is 0.843. The Kier molecular flexibility index (Phi) is 7.20. The van der Waals surface area contributed by atoms with E-state index < -0.39 is 5.69 Å². The van der Waals surface area contributed by atoms with Crippen LogP contribution in [-0.4, -0.2) is 29.8 Å². The second-order valence-electron chi connectivity index (χ2n) is 6.66. The molecule has 9 heteroatoms. The average molecular weight is 449 g/mol. The highest BCUT2D eigenvalue weighted by Gasteiger charge is 2.15. The number of aromatic nitrogens is 2. The molecule has 1 aromatic heterocycles. The van der Waals surface area contributed by atoms with Crippen LogP contribution >= 0.6 is 23.2 Å². The molecule has 0 unspecified atom stereocenters. The second kappa shape index (κ2) is 9.84. The van der Waals surface area contributed by atoms with E-state index in [9.17, 15) is 9.59 Å². The smallest absolute Gasteiger partial charge is 0.330 e. The van der Waals surface area contributed by atoms with Crippen molar-refractivity contribution in [1.82, 2.24) is 9.55 Å². The number of ether oxygens (including phenoxy) is 1. The second-order valence-corrected chi connectivity index (χ2v) is 7.48. The Bertz CT molecular complexity index is 1140. The number of benzene rings is 2. The fraction of sp³-hybridized carbons (Fsp3) is 0.238. The van der Waals surface area contributed by atoms with Gasteiger partial charge in [-0.25, -0.2) is 4.79 Å². The molecule has 0 aliphatic heterocycles. The third-order valence-electron chi connectivity index (χ3n) is 4.59. The molecule has 0 saturated carbocycles. The molecular formula is C21H22Cl2N4O3. The van der Waals surface area contributed by atoms with Crippen LogP contribution in [0.5, 0.6) is 5.75 Å². The van der Waals surface area contributed by atoms with Crippen molar-refractivity contribution in [2.24, 2.45) is 5.73 Å². The van der Waals surface area contributed by atoms with Crippen molar-refractivity contribution in [3.63, 3.8) is 0 Å². The fourth-order valence-electron chi connectivity index (χ4n) is 3.04. The van der Waals surface area contributed by atoms with E-state index in [1.165, 1.54) is 0 Å². The van der Waals surface area contributed by atoms with Crippen molar-refractivity contribution >= 4 is 29.0 Å².